The van der Waals surface area contributed by atoms with E-state index in [1.807, 2.05) is 50.1 Å². The predicted octanol–water partition coefficient (Wildman–Crippen LogP) is 3.24. The minimum absolute atomic E-state index is 0.155. The van der Waals surface area contributed by atoms with E-state index < -0.39 is 0 Å². The van der Waals surface area contributed by atoms with E-state index in [2.05, 4.69) is 19.6 Å². The molecule has 21 heavy (non-hydrogen) atoms. The van der Waals surface area contributed by atoms with Crippen LogP contribution in [-0.4, -0.2) is 24.3 Å². The Morgan fingerprint density at radius 2 is 2.10 bits per heavy atom. The lowest BCUT2D eigenvalue weighted by Gasteiger charge is -2.10. The molecule has 1 atom stereocenters. The Bertz CT molecular complexity index is 772. The summed E-state index contributed by atoms with van der Waals surface area (Å²) in [4.78, 5) is 9.14. The molecule has 1 unspecified atom stereocenters. The summed E-state index contributed by atoms with van der Waals surface area (Å²) in [7, 11) is 0. The quantitative estimate of drug-likeness (QED) is 0.695. The second kappa shape index (κ2) is 5.48. The SMILES string of the molecule is Cc1cnn(CCn2c(C(C)Cl)nc3c(C)ccnc32)c1. The average Bonchev–Trinajstić information content (AvgIpc) is 3.01. The van der Waals surface area contributed by atoms with E-state index in [1.165, 1.54) is 0 Å². The molecule has 3 rings (SSSR count). The van der Waals surface area contributed by atoms with Crippen LogP contribution in [0.25, 0.3) is 11.2 Å². The van der Waals surface area contributed by atoms with Crippen LogP contribution in [0.2, 0.25) is 0 Å². The lowest BCUT2D eigenvalue weighted by molar-refractivity contribution is 0.526. The zero-order chi connectivity index (χ0) is 15.0. The molecular formula is C15H18ClN5. The zero-order valence-electron chi connectivity index (χ0n) is 12.4. The molecule has 3 heterocycles. The van der Waals surface area contributed by atoms with Gasteiger partial charge in [-0.05, 0) is 38.0 Å². The van der Waals surface area contributed by atoms with Crippen molar-refractivity contribution in [1.29, 1.82) is 0 Å². The van der Waals surface area contributed by atoms with E-state index in [9.17, 15) is 0 Å². The first kappa shape index (κ1) is 14.1. The Morgan fingerprint density at radius 3 is 2.76 bits per heavy atom. The Kier molecular flexibility index (Phi) is 3.68. The third-order valence-electron chi connectivity index (χ3n) is 3.54. The number of nitrogens with zero attached hydrogens (tertiary/aromatic N) is 5. The number of hydrogen-bond donors (Lipinski definition) is 0. The molecule has 0 bridgehead atoms. The van der Waals surface area contributed by atoms with E-state index in [4.69, 9.17) is 11.6 Å². The zero-order valence-corrected chi connectivity index (χ0v) is 13.2. The summed E-state index contributed by atoms with van der Waals surface area (Å²) in [6.07, 6.45) is 5.71. The molecule has 0 aliphatic rings. The normalized spacial score (nSPS) is 13.0. The van der Waals surface area contributed by atoms with Crippen molar-refractivity contribution in [2.45, 2.75) is 39.2 Å². The van der Waals surface area contributed by atoms with E-state index >= 15 is 0 Å². The Labute approximate surface area is 128 Å². The first-order valence-corrected chi connectivity index (χ1v) is 7.45. The molecule has 3 aromatic rings. The van der Waals surface area contributed by atoms with Crippen molar-refractivity contribution >= 4 is 22.8 Å². The van der Waals surface area contributed by atoms with E-state index in [0.717, 1.165) is 41.2 Å². The summed E-state index contributed by atoms with van der Waals surface area (Å²) in [5, 5.41) is 4.16. The van der Waals surface area contributed by atoms with Gasteiger partial charge in [-0.15, -0.1) is 11.6 Å². The molecule has 110 valence electrons. The number of halogens is 1. The molecular weight excluding hydrogens is 286 g/mol. The second-order valence-corrected chi connectivity index (χ2v) is 5.97. The monoisotopic (exact) mass is 303 g/mol. The third kappa shape index (κ3) is 2.65. The molecule has 0 saturated carbocycles. The van der Waals surface area contributed by atoms with E-state index in [1.54, 1.807) is 0 Å². The van der Waals surface area contributed by atoms with Gasteiger partial charge in [-0.2, -0.15) is 5.10 Å². The van der Waals surface area contributed by atoms with Gasteiger partial charge in [0.1, 0.15) is 11.3 Å². The van der Waals surface area contributed by atoms with E-state index in [-0.39, 0.29) is 5.38 Å². The Hall–Kier alpha value is -1.88. The topological polar surface area (TPSA) is 48.5 Å². The van der Waals surface area contributed by atoms with Gasteiger partial charge in [0.05, 0.1) is 18.1 Å². The maximum Gasteiger partial charge on any atom is 0.160 e. The van der Waals surface area contributed by atoms with Crippen LogP contribution >= 0.6 is 11.6 Å². The van der Waals surface area contributed by atoms with Crippen LogP contribution in [0.1, 0.15) is 29.3 Å². The number of pyridine rings is 1. The standard InChI is InChI=1S/C15H18ClN5/c1-10-8-18-20(9-10)6-7-21-14(12(3)16)19-13-11(2)4-5-17-15(13)21/h4-5,8-9,12H,6-7H2,1-3H3. The van der Waals surface area contributed by atoms with Crippen LogP contribution in [-0.2, 0) is 13.1 Å². The Balaban J connectivity index is 1.99. The predicted molar refractivity (Wildman–Crippen MR) is 83.5 cm³/mol. The lowest BCUT2D eigenvalue weighted by Crippen LogP contribution is -2.11. The minimum atomic E-state index is -0.155. The summed E-state index contributed by atoms with van der Waals surface area (Å²) in [5.41, 5.74) is 4.09. The number of alkyl halides is 1. The molecule has 6 heteroatoms. The lowest BCUT2D eigenvalue weighted by atomic mass is 10.3. The number of hydrogen-bond acceptors (Lipinski definition) is 3. The molecule has 0 amide bonds. The van der Waals surface area contributed by atoms with Gasteiger partial charge in [-0.25, -0.2) is 9.97 Å². The molecule has 0 fully saturated rings. The molecule has 5 nitrogen and oxygen atoms in total. The van der Waals surface area contributed by atoms with Crippen LogP contribution < -0.4 is 0 Å². The number of aryl methyl sites for hydroxylation is 4. The number of imidazole rings is 1. The number of aromatic nitrogens is 5. The van der Waals surface area contributed by atoms with Crippen LogP contribution in [0.5, 0.6) is 0 Å². The summed E-state index contributed by atoms with van der Waals surface area (Å²) < 4.78 is 4.02. The van der Waals surface area contributed by atoms with Crippen LogP contribution in [0, 0.1) is 13.8 Å². The van der Waals surface area contributed by atoms with Crippen molar-refractivity contribution in [2.24, 2.45) is 0 Å². The molecule has 3 aromatic heterocycles. The van der Waals surface area contributed by atoms with Gasteiger partial charge in [0.25, 0.3) is 0 Å². The van der Waals surface area contributed by atoms with Gasteiger partial charge in [0.15, 0.2) is 5.65 Å². The van der Waals surface area contributed by atoms with Crippen molar-refractivity contribution in [1.82, 2.24) is 24.3 Å². The van der Waals surface area contributed by atoms with Crippen LogP contribution in [0.4, 0.5) is 0 Å². The molecule has 0 N–H and O–H groups in total. The van der Waals surface area contributed by atoms with Crippen molar-refractivity contribution in [3.8, 4) is 0 Å². The van der Waals surface area contributed by atoms with Gasteiger partial charge in [0.2, 0.25) is 0 Å². The fourth-order valence-corrected chi connectivity index (χ4v) is 2.64. The number of fused-ring (bicyclic) bond motifs is 1. The van der Waals surface area contributed by atoms with Crippen molar-refractivity contribution in [2.75, 3.05) is 0 Å². The first-order valence-electron chi connectivity index (χ1n) is 7.01. The summed E-state index contributed by atoms with van der Waals surface area (Å²) in [5.74, 6) is 0.859. The van der Waals surface area contributed by atoms with Crippen LogP contribution in [0.3, 0.4) is 0 Å². The molecule has 0 radical (unpaired) electrons. The third-order valence-corrected chi connectivity index (χ3v) is 3.73. The van der Waals surface area contributed by atoms with Gasteiger partial charge in [0, 0.05) is 18.9 Å². The summed E-state index contributed by atoms with van der Waals surface area (Å²) in [6, 6.07) is 1.97. The average molecular weight is 304 g/mol. The first-order chi connectivity index (χ1) is 10.1. The number of rotatable bonds is 4. The highest BCUT2D eigenvalue weighted by molar-refractivity contribution is 6.20. The van der Waals surface area contributed by atoms with Gasteiger partial charge < -0.3 is 4.57 Å². The molecule has 0 saturated heterocycles. The summed E-state index contributed by atoms with van der Waals surface area (Å²) >= 11 is 6.28. The van der Waals surface area contributed by atoms with Crippen molar-refractivity contribution in [3.63, 3.8) is 0 Å². The Morgan fingerprint density at radius 1 is 1.29 bits per heavy atom. The fourth-order valence-electron chi connectivity index (χ4n) is 2.47. The largest absolute Gasteiger partial charge is 0.310 e. The summed E-state index contributed by atoms with van der Waals surface area (Å²) in [6.45, 7) is 7.53. The maximum atomic E-state index is 6.28. The molecule has 0 aromatic carbocycles. The maximum absolute atomic E-state index is 6.28. The molecule has 0 aliphatic carbocycles. The van der Waals surface area contributed by atoms with Crippen LogP contribution in [0.15, 0.2) is 24.7 Å². The second-order valence-electron chi connectivity index (χ2n) is 5.32. The van der Waals surface area contributed by atoms with Crippen molar-refractivity contribution < 1.29 is 0 Å². The molecule has 0 spiro atoms. The highest BCUT2D eigenvalue weighted by Gasteiger charge is 2.16. The minimum Gasteiger partial charge on any atom is -0.310 e. The van der Waals surface area contributed by atoms with Gasteiger partial charge in [-0.3, -0.25) is 4.68 Å². The van der Waals surface area contributed by atoms with Crippen molar-refractivity contribution in [3.05, 3.63) is 41.6 Å². The van der Waals surface area contributed by atoms with Gasteiger partial charge >= 0.3 is 0 Å². The highest BCUT2D eigenvalue weighted by atomic mass is 35.5. The fraction of sp³-hybridized carbons (Fsp3) is 0.400. The van der Waals surface area contributed by atoms with E-state index in [0.29, 0.717) is 0 Å². The smallest absolute Gasteiger partial charge is 0.160 e. The highest BCUT2D eigenvalue weighted by Crippen LogP contribution is 2.25. The molecule has 0 aliphatic heterocycles. The van der Waals surface area contributed by atoms with Gasteiger partial charge in [-0.1, -0.05) is 0 Å².